The van der Waals surface area contributed by atoms with Crippen LogP contribution in [0, 0.1) is 6.92 Å². The molecule has 3 aromatic carbocycles. The standard InChI is InChI=1S/C18H16O2/c1-10-8-15-14(9-16(19)18(15)20)13-7-6-11-4-2-3-5-12(11)17(10)13/h2-8,16,18-20H,9H2,1H3/t16-,18-/m0/s1. The van der Waals surface area contributed by atoms with Gasteiger partial charge in [-0.1, -0.05) is 42.5 Å². The van der Waals surface area contributed by atoms with Crippen LogP contribution in [0.25, 0.3) is 21.5 Å². The van der Waals surface area contributed by atoms with Gasteiger partial charge in [-0.25, -0.2) is 0 Å². The Labute approximate surface area is 117 Å². The number of fused-ring (bicyclic) bond motifs is 5. The molecule has 0 spiro atoms. The van der Waals surface area contributed by atoms with Gasteiger partial charge in [0.05, 0.1) is 6.10 Å². The van der Waals surface area contributed by atoms with Gasteiger partial charge in [0.25, 0.3) is 0 Å². The molecule has 2 atom stereocenters. The molecule has 0 saturated carbocycles. The minimum absolute atomic E-state index is 0.533. The predicted molar refractivity (Wildman–Crippen MR) is 80.9 cm³/mol. The number of benzene rings is 3. The minimum atomic E-state index is -0.750. The topological polar surface area (TPSA) is 40.5 Å². The third-order valence-corrected chi connectivity index (χ3v) is 4.47. The summed E-state index contributed by atoms with van der Waals surface area (Å²) >= 11 is 0. The van der Waals surface area contributed by atoms with Gasteiger partial charge in [0.15, 0.2) is 0 Å². The molecule has 100 valence electrons. The summed E-state index contributed by atoms with van der Waals surface area (Å²) < 4.78 is 0. The minimum Gasteiger partial charge on any atom is -0.390 e. The highest BCUT2D eigenvalue weighted by Gasteiger charge is 2.31. The highest BCUT2D eigenvalue weighted by Crippen LogP contribution is 2.40. The Balaban J connectivity index is 2.18. The van der Waals surface area contributed by atoms with E-state index < -0.39 is 12.2 Å². The summed E-state index contributed by atoms with van der Waals surface area (Å²) in [4.78, 5) is 0. The Morgan fingerprint density at radius 2 is 1.80 bits per heavy atom. The van der Waals surface area contributed by atoms with E-state index in [9.17, 15) is 10.2 Å². The van der Waals surface area contributed by atoms with E-state index >= 15 is 0 Å². The maximum absolute atomic E-state index is 10.1. The number of rotatable bonds is 0. The molecule has 0 aliphatic heterocycles. The molecule has 4 rings (SSSR count). The fourth-order valence-corrected chi connectivity index (χ4v) is 3.52. The molecule has 1 aliphatic carbocycles. The maximum atomic E-state index is 10.1. The first-order valence-corrected chi connectivity index (χ1v) is 6.97. The number of hydrogen-bond donors (Lipinski definition) is 2. The summed E-state index contributed by atoms with van der Waals surface area (Å²) in [7, 11) is 0. The van der Waals surface area contributed by atoms with Crippen LogP contribution in [-0.4, -0.2) is 16.3 Å². The van der Waals surface area contributed by atoms with Crippen molar-refractivity contribution in [3.05, 3.63) is 59.2 Å². The third-order valence-electron chi connectivity index (χ3n) is 4.47. The van der Waals surface area contributed by atoms with Gasteiger partial charge in [-0.3, -0.25) is 0 Å². The second kappa shape index (κ2) is 4.05. The van der Waals surface area contributed by atoms with Gasteiger partial charge in [0.2, 0.25) is 0 Å². The van der Waals surface area contributed by atoms with E-state index in [0.717, 1.165) is 22.1 Å². The van der Waals surface area contributed by atoms with Crippen molar-refractivity contribution in [1.82, 2.24) is 0 Å². The van der Waals surface area contributed by atoms with Gasteiger partial charge >= 0.3 is 0 Å². The summed E-state index contributed by atoms with van der Waals surface area (Å²) in [5.41, 5.74) is 3.14. The second-order valence-corrected chi connectivity index (χ2v) is 5.69. The quantitative estimate of drug-likeness (QED) is 0.612. The molecule has 0 radical (unpaired) electrons. The lowest BCUT2D eigenvalue weighted by Gasteiger charge is -2.13. The van der Waals surface area contributed by atoms with Gasteiger partial charge in [0.1, 0.15) is 6.10 Å². The summed E-state index contributed by atoms with van der Waals surface area (Å²) in [6, 6.07) is 14.6. The van der Waals surface area contributed by atoms with E-state index in [1.54, 1.807) is 0 Å². The Morgan fingerprint density at radius 3 is 2.65 bits per heavy atom. The van der Waals surface area contributed by atoms with Gasteiger partial charge < -0.3 is 10.2 Å². The first-order valence-electron chi connectivity index (χ1n) is 6.97. The number of hydrogen-bond acceptors (Lipinski definition) is 2. The van der Waals surface area contributed by atoms with Crippen molar-refractivity contribution in [2.75, 3.05) is 0 Å². The van der Waals surface area contributed by atoms with Crippen LogP contribution in [0.5, 0.6) is 0 Å². The normalized spacial score (nSPS) is 21.6. The van der Waals surface area contributed by atoms with Crippen molar-refractivity contribution in [1.29, 1.82) is 0 Å². The van der Waals surface area contributed by atoms with Crippen LogP contribution in [0.2, 0.25) is 0 Å². The summed E-state index contributed by atoms with van der Waals surface area (Å²) in [6.07, 6.45) is -0.896. The molecule has 20 heavy (non-hydrogen) atoms. The van der Waals surface area contributed by atoms with Crippen molar-refractivity contribution < 1.29 is 10.2 Å². The van der Waals surface area contributed by atoms with Crippen LogP contribution < -0.4 is 0 Å². The molecule has 0 unspecified atom stereocenters. The van der Waals surface area contributed by atoms with E-state index in [4.69, 9.17) is 0 Å². The Hall–Kier alpha value is -1.90. The predicted octanol–water partition coefficient (Wildman–Crippen LogP) is 3.25. The third kappa shape index (κ3) is 1.46. The number of aryl methyl sites for hydroxylation is 1. The van der Waals surface area contributed by atoms with Gasteiger partial charge in [-0.2, -0.15) is 0 Å². The molecule has 3 aromatic rings. The van der Waals surface area contributed by atoms with E-state index in [1.165, 1.54) is 16.2 Å². The van der Waals surface area contributed by atoms with Crippen LogP contribution in [0.3, 0.4) is 0 Å². The molecule has 2 N–H and O–H groups in total. The summed E-state index contributed by atoms with van der Waals surface area (Å²) in [5, 5.41) is 24.9. The average molecular weight is 264 g/mol. The first kappa shape index (κ1) is 11.9. The molecule has 0 aromatic heterocycles. The second-order valence-electron chi connectivity index (χ2n) is 5.69. The van der Waals surface area contributed by atoms with Crippen LogP contribution in [0.4, 0.5) is 0 Å². The van der Waals surface area contributed by atoms with E-state index in [1.807, 2.05) is 12.1 Å². The molecule has 2 nitrogen and oxygen atoms in total. The first-order chi connectivity index (χ1) is 9.66. The zero-order valence-electron chi connectivity index (χ0n) is 11.3. The van der Waals surface area contributed by atoms with Gasteiger partial charge in [0, 0.05) is 6.42 Å². The van der Waals surface area contributed by atoms with Crippen LogP contribution >= 0.6 is 0 Å². The molecule has 0 fully saturated rings. The Kier molecular flexibility index (Phi) is 2.40. The zero-order valence-corrected chi connectivity index (χ0v) is 11.3. The SMILES string of the molecule is Cc1cc2c(c3ccc4ccccc4c13)C[C@H](O)[C@H]2O. The molecule has 2 heteroatoms. The van der Waals surface area contributed by atoms with E-state index in [2.05, 4.69) is 37.3 Å². The van der Waals surface area contributed by atoms with E-state index in [0.29, 0.717) is 6.42 Å². The lowest BCUT2D eigenvalue weighted by atomic mass is 9.92. The molecule has 0 heterocycles. The van der Waals surface area contributed by atoms with Crippen molar-refractivity contribution in [3.8, 4) is 0 Å². The van der Waals surface area contributed by atoms with Gasteiger partial charge in [-0.15, -0.1) is 0 Å². The fourth-order valence-electron chi connectivity index (χ4n) is 3.52. The average Bonchev–Trinajstić information content (AvgIpc) is 2.75. The highest BCUT2D eigenvalue weighted by molar-refractivity contribution is 6.10. The Bertz CT molecular complexity index is 836. The molecular weight excluding hydrogens is 248 g/mol. The van der Waals surface area contributed by atoms with E-state index in [-0.39, 0.29) is 0 Å². The van der Waals surface area contributed by atoms with Crippen LogP contribution in [0.15, 0.2) is 42.5 Å². The van der Waals surface area contributed by atoms with Gasteiger partial charge in [-0.05, 0) is 45.2 Å². The van der Waals surface area contributed by atoms with Crippen LogP contribution in [-0.2, 0) is 6.42 Å². The van der Waals surface area contributed by atoms with Crippen molar-refractivity contribution in [3.63, 3.8) is 0 Å². The molecule has 0 amide bonds. The van der Waals surface area contributed by atoms with Crippen molar-refractivity contribution in [2.24, 2.45) is 0 Å². The van der Waals surface area contributed by atoms with Crippen molar-refractivity contribution in [2.45, 2.75) is 25.6 Å². The maximum Gasteiger partial charge on any atom is 0.105 e. The van der Waals surface area contributed by atoms with Crippen LogP contribution in [0.1, 0.15) is 22.8 Å². The van der Waals surface area contributed by atoms with Crippen molar-refractivity contribution >= 4 is 21.5 Å². The summed E-state index contributed by atoms with van der Waals surface area (Å²) in [5.74, 6) is 0. The molecular formula is C18H16O2. The molecule has 0 saturated heterocycles. The molecule has 0 bridgehead atoms. The Morgan fingerprint density at radius 1 is 1.00 bits per heavy atom. The number of aliphatic hydroxyl groups is 2. The lowest BCUT2D eigenvalue weighted by molar-refractivity contribution is 0.0326. The smallest absolute Gasteiger partial charge is 0.105 e. The fraction of sp³-hybridized carbons (Fsp3) is 0.222. The number of aliphatic hydroxyl groups excluding tert-OH is 2. The molecule has 1 aliphatic rings. The zero-order chi connectivity index (χ0) is 13.9. The largest absolute Gasteiger partial charge is 0.390 e. The lowest BCUT2D eigenvalue weighted by Crippen LogP contribution is -2.11. The summed E-state index contributed by atoms with van der Waals surface area (Å²) in [6.45, 7) is 2.08. The monoisotopic (exact) mass is 264 g/mol. The highest BCUT2D eigenvalue weighted by atomic mass is 16.3.